The van der Waals surface area contributed by atoms with Gasteiger partial charge in [0.1, 0.15) is 0 Å². The van der Waals surface area contributed by atoms with Crippen LogP contribution in [0.15, 0.2) is 27.6 Å². The molecule has 0 saturated carbocycles. The van der Waals surface area contributed by atoms with Crippen molar-refractivity contribution < 1.29 is 10.2 Å². The minimum atomic E-state index is -0.645. The molecule has 0 spiro atoms. The van der Waals surface area contributed by atoms with Crippen LogP contribution >= 0.6 is 27.7 Å². The maximum Gasteiger partial charge on any atom is 0.0864 e. The second kappa shape index (κ2) is 5.75. The standard InChI is InChI=1S/C10H13BrO2S/c1-7-2-3-10(9(11)4-7)14-6-8(13)5-12/h2-4,8,12-13H,5-6H2,1H3. The Bertz CT molecular complexity index is 304. The molecule has 4 heteroatoms. The molecule has 0 amide bonds. The molecule has 2 nitrogen and oxygen atoms in total. The number of halogens is 1. The Labute approximate surface area is 96.5 Å². The molecule has 1 aromatic carbocycles. The lowest BCUT2D eigenvalue weighted by molar-refractivity contribution is 0.113. The molecular weight excluding hydrogens is 264 g/mol. The van der Waals surface area contributed by atoms with Crippen molar-refractivity contribution >= 4 is 27.7 Å². The largest absolute Gasteiger partial charge is 0.394 e. The summed E-state index contributed by atoms with van der Waals surface area (Å²) in [6, 6.07) is 6.07. The maximum atomic E-state index is 9.18. The molecule has 0 aliphatic carbocycles. The quantitative estimate of drug-likeness (QED) is 0.829. The summed E-state index contributed by atoms with van der Waals surface area (Å²) in [5, 5.41) is 17.8. The average molecular weight is 277 g/mol. The van der Waals surface area contributed by atoms with Crippen LogP contribution in [-0.4, -0.2) is 28.7 Å². The summed E-state index contributed by atoms with van der Waals surface area (Å²) in [7, 11) is 0. The molecule has 1 unspecified atom stereocenters. The van der Waals surface area contributed by atoms with Gasteiger partial charge in [0.2, 0.25) is 0 Å². The van der Waals surface area contributed by atoms with E-state index in [0.29, 0.717) is 5.75 Å². The average Bonchev–Trinajstić information content (AvgIpc) is 2.16. The highest BCUT2D eigenvalue weighted by molar-refractivity contribution is 9.10. The van der Waals surface area contributed by atoms with Gasteiger partial charge in [-0.15, -0.1) is 11.8 Å². The maximum absolute atomic E-state index is 9.18. The summed E-state index contributed by atoms with van der Waals surface area (Å²) in [6.07, 6.45) is -0.645. The molecule has 14 heavy (non-hydrogen) atoms. The van der Waals surface area contributed by atoms with E-state index in [4.69, 9.17) is 5.11 Å². The van der Waals surface area contributed by atoms with E-state index in [1.165, 1.54) is 17.3 Å². The van der Waals surface area contributed by atoms with Gasteiger partial charge in [-0.2, -0.15) is 0 Å². The zero-order valence-corrected chi connectivity index (χ0v) is 10.3. The number of rotatable bonds is 4. The van der Waals surface area contributed by atoms with Gasteiger partial charge < -0.3 is 10.2 Å². The predicted molar refractivity (Wildman–Crippen MR) is 62.7 cm³/mol. The fourth-order valence-corrected chi connectivity index (χ4v) is 2.64. The number of aryl methyl sites for hydroxylation is 1. The van der Waals surface area contributed by atoms with E-state index in [-0.39, 0.29) is 6.61 Å². The monoisotopic (exact) mass is 276 g/mol. The highest BCUT2D eigenvalue weighted by atomic mass is 79.9. The first-order valence-corrected chi connectivity index (χ1v) is 6.09. The van der Waals surface area contributed by atoms with Crippen molar-refractivity contribution in [1.82, 2.24) is 0 Å². The number of thioether (sulfide) groups is 1. The first kappa shape index (κ1) is 12.0. The fraction of sp³-hybridized carbons (Fsp3) is 0.400. The summed E-state index contributed by atoms with van der Waals surface area (Å²) in [5.74, 6) is 0.512. The van der Waals surface area contributed by atoms with Crippen LogP contribution < -0.4 is 0 Å². The number of hydrogen-bond donors (Lipinski definition) is 2. The minimum absolute atomic E-state index is 0.184. The second-order valence-electron chi connectivity index (χ2n) is 3.08. The summed E-state index contributed by atoms with van der Waals surface area (Å²) in [5.41, 5.74) is 1.20. The molecule has 0 aliphatic rings. The second-order valence-corrected chi connectivity index (χ2v) is 5.00. The van der Waals surface area contributed by atoms with Crippen LogP contribution in [0.2, 0.25) is 0 Å². The van der Waals surface area contributed by atoms with Crippen LogP contribution in [0.4, 0.5) is 0 Å². The van der Waals surface area contributed by atoms with E-state index in [1.807, 2.05) is 25.1 Å². The third-order valence-corrected chi connectivity index (χ3v) is 3.87. The molecular formula is C10H13BrO2S. The molecule has 0 aromatic heterocycles. The molecule has 0 saturated heterocycles. The van der Waals surface area contributed by atoms with Gasteiger partial charge in [-0.25, -0.2) is 0 Å². The van der Waals surface area contributed by atoms with Crippen LogP contribution in [-0.2, 0) is 0 Å². The third kappa shape index (κ3) is 3.61. The Morgan fingerprint density at radius 3 is 2.79 bits per heavy atom. The van der Waals surface area contributed by atoms with E-state index < -0.39 is 6.10 Å². The molecule has 0 heterocycles. The van der Waals surface area contributed by atoms with Crippen LogP contribution in [0.25, 0.3) is 0 Å². The zero-order valence-electron chi connectivity index (χ0n) is 7.90. The van der Waals surface area contributed by atoms with Gasteiger partial charge in [-0.3, -0.25) is 0 Å². The lowest BCUT2D eigenvalue weighted by Gasteiger charge is -2.08. The summed E-state index contributed by atoms with van der Waals surface area (Å²) >= 11 is 4.99. The van der Waals surface area contributed by atoms with Crippen LogP contribution in [0.3, 0.4) is 0 Å². The molecule has 0 radical (unpaired) electrons. The van der Waals surface area contributed by atoms with E-state index in [9.17, 15) is 5.11 Å². The fourth-order valence-electron chi connectivity index (χ4n) is 0.962. The van der Waals surface area contributed by atoms with Crippen molar-refractivity contribution in [3.05, 3.63) is 28.2 Å². The van der Waals surface area contributed by atoms with E-state index in [0.717, 1.165) is 9.37 Å². The van der Waals surface area contributed by atoms with E-state index in [2.05, 4.69) is 15.9 Å². The Hall–Kier alpha value is -0.0300. The van der Waals surface area contributed by atoms with Crippen molar-refractivity contribution in [2.24, 2.45) is 0 Å². The third-order valence-electron chi connectivity index (χ3n) is 1.73. The Morgan fingerprint density at radius 2 is 2.21 bits per heavy atom. The van der Waals surface area contributed by atoms with Crippen molar-refractivity contribution in [2.75, 3.05) is 12.4 Å². The summed E-state index contributed by atoms with van der Waals surface area (Å²) < 4.78 is 1.03. The topological polar surface area (TPSA) is 40.5 Å². The van der Waals surface area contributed by atoms with Crippen LogP contribution in [0.1, 0.15) is 5.56 Å². The van der Waals surface area contributed by atoms with Gasteiger partial charge in [0, 0.05) is 15.1 Å². The van der Waals surface area contributed by atoms with Gasteiger partial charge in [0.05, 0.1) is 12.7 Å². The Balaban J connectivity index is 2.59. The predicted octanol–water partition coefficient (Wildman–Crippen LogP) is 2.20. The van der Waals surface area contributed by atoms with Crippen molar-refractivity contribution in [3.8, 4) is 0 Å². The molecule has 1 atom stereocenters. The SMILES string of the molecule is Cc1ccc(SCC(O)CO)c(Br)c1. The van der Waals surface area contributed by atoms with E-state index in [1.54, 1.807) is 0 Å². The van der Waals surface area contributed by atoms with Crippen LogP contribution in [0.5, 0.6) is 0 Å². The Morgan fingerprint density at radius 1 is 1.50 bits per heavy atom. The molecule has 0 aliphatic heterocycles. The lowest BCUT2D eigenvalue weighted by atomic mass is 10.2. The molecule has 78 valence electrons. The molecule has 0 bridgehead atoms. The van der Waals surface area contributed by atoms with Gasteiger partial charge in [-0.05, 0) is 40.5 Å². The van der Waals surface area contributed by atoms with Gasteiger partial charge in [-0.1, -0.05) is 6.07 Å². The highest BCUT2D eigenvalue weighted by Crippen LogP contribution is 2.28. The van der Waals surface area contributed by atoms with E-state index >= 15 is 0 Å². The molecule has 1 rings (SSSR count). The minimum Gasteiger partial charge on any atom is -0.394 e. The lowest BCUT2D eigenvalue weighted by Crippen LogP contribution is -2.14. The van der Waals surface area contributed by atoms with Gasteiger partial charge in [0.25, 0.3) is 0 Å². The summed E-state index contributed by atoms with van der Waals surface area (Å²) in [4.78, 5) is 1.09. The van der Waals surface area contributed by atoms with Gasteiger partial charge in [0.15, 0.2) is 0 Å². The highest BCUT2D eigenvalue weighted by Gasteiger charge is 2.05. The van der Waals surface area contributed by atoms with Gasteiger partial charge >= 0.3 is 0 Å². The first-order chi connectivity index (χ1) is 6.63. The number of benzene rings is 1. The zero-order chi connectivity index (χ0) is 10.6. The number of hydrogen-bond acceptors (Lipinski definition) is 3. The molecule has 0 fully saturated rings. The Kier molecular flexibility index (Phi) is 4.95. The number of aliphatic hydroxyl groups is 2. The van der Waals surface area contributed by atoms with Crippen LogP contribution in [0, 0.1) is 6.92 Å². The molecule has 2 N–H and O–H groups in total. The van der Waals surface area contributed by atoms with Crippen molar-refractivity contribution in [3.63, 3.8) is 0 Å². The molecule has 1 aromatic rings. The smallest absolute Gasteiger partial charge is 0.0864 e. The van der Waals surface area contributed by atoms with Crippen molar-refractivity contribution in [1.29, 1.82) is 0 Å². The summed E-state index contributed by atoms with van der Waals surface area (Å²) in [6.45, 7) is 1.85. The number of aliphatic hydroxyl groups excluding tert-OH is 2. The first-order valence-electron chi connectivity index (χ1n) is 4.31. The normalized spacial score (nSPS) is 12.9. The van der Waals surface area contributed by atoms with Crippen molar-refractivity contribution in [2.45, 2.75) is 17.9 Å².